The zero-order valence-corrected chi connectivity index (χ0v) is 38.1. The van der Waals surface area contributed by atoms with E-state index in [0.717, 1.165) is 63.1 Å². The van der Waals surface area contributed by atoms with Gasteiger partial charge in [-0.25, -0.2) is 18.7 Å². The summed E-state index contributed by atoms with van der Waals surface area (Å²) >= 11 is 0. The highest BCUT2D eigenvalue weighted by atomic mass is 19.1. The van der Waals surface area contributed by atoms with Crippen molar-refractivity contribution in [2.75, 3.05) is 18.5 Å². The average molecular weight is 912 g/mol. The summed E-state index contributed by atoms with van der Waals surface area (Å²) in [6.07, 6.45) is 9.03. The summed E-state index contributed by atoms with van der Waals surface area (Å²) in [6, 6.07) is 10.3. The molecule has 0 unspecified atom stereocenters. The standard InChI is InChI=1S/C19H18FN7O.C15H12BFN4O.C11H19BN2O2.CH4/c1-11-7-16(26(2)25-11)14-9-22-19(27-10-23-24-18(14)27)21-8-13-12-5-6-28-17(12)4-3-15(13)20;16-11-7-18-14(21-8-19-20-15(11)21)4-1-9-10-5-6-22-13(10)3-2-12(9)17;1-8-7-9(14(6)13-8)12-15-10(2,3)11(4,5)16-12;/h3-4,7,9-10H,5-6,8H2,1-2H3,(H,21,22);2-3,7-8H,1,4-6H2;7H,1-6H3;1H4. The van der Waals surface area contributed by atoms with Crippen LogP contribution in [0.3, 0.4) is 0 Å². The smallest absolute Gasteiger partial charge is 0.493 e. The van der Waals surface area contributed by atoms with E-state index in [1.165, 1.54) is 12.1 Å². The van der Waals surface area contributed by atoms with Crippen LogP contribution in [0.5, 0.6) is 11.5 Å². The van der Waals surface area contributed by atoms with Crippen LogP contribution in [0.15, 0.2) is 61.4 Å². The first-order valence-electron chi connectivity index (χ1n) is 21.7. The Kier molecular flexibility index (Phi) is 12.9. The third-order valence-corrected chi connectivity index (χ3v) is 12.5. The van der Waals surface area contributed by atoms with Crippen molar-refractivity contribution in [2.45, 2.75) is 92.4 Å². The lowest BCUT2D eigenvalue weighted by Crippen LogP contribution is -2.41. The molecule has 0 atom stereocenters. The molecule has 0 saturated carbocycles. The third kappa shape index (κ3) is 9.09. The van der Waals surface area contributed by atoms with Gasteiger partial charge in [-0.3, -0.25) is 18.2 Å². The molecule has 1 saturated heterocycles. The fourth-order valence-electron chi connectivity index (χ4n) is 8.37. The first kappa shape index (κ1) is 46.8. The van der Waals surface area contributed by atoms with Gasteiger partial charge in [0.25, 0.3) is 0 Å². The number of hydrogen-bond acceptors (Lipinski definition) is 13. The molecule has 346 valence electrons. The van der Waals surface area contributed by atoms with Crippen molar-refractivity contribution in [3.8, 4) is 22.8 Å². The van der Waals surface area contributed by atoms with Crippen molar-refractivity contribution < 1.29 is 27.6 Å². The molecule has 2 aromatic carbocycles. The van der Waals surface area contributed by atoms with Crippen molar-refractivity contribution in [3.05, 3.63) is 113 Å². The van der Waals surface area contributed by atoms with E-state index < -0.39 is 0 Å². The first-order valence-corrected chi connectivity index (χ1v) is 21.7. The minimum absolute atomic E-state index is 0. The number of nitrogens with zero attached hydrogens (tertiary/aromatic N) is 12. The molecule has 3 aliphatic rings. The van der Waals surface area contributed by atoms with Crippen LogP contribution in [0.25, 0.3) is 22.6 Å². The second kappa shape index (κ2) is 18.5. The monoisotopic (exact) mass is 911 g/mol. The quantitative estimate of drug-likeness (QED) is 0.203. The number of aromatic nitrogens is 12. The lowest BCUT2D eigenvalue weighted by molar-refractivity contribution is 0.00578. The van der Waals surface area contributed by atoms with E-state index in [1.807, 2.05) is 44.8 Å². The minimum atomic E-state index is -0.323. The van der Waals surface area contributed by atoms with Crippen LogP contribution < -0.4 is 25.8 Å². The number of aryl methyl sites for hydroxylation is 5. The Morgan fingerprint density at radius 1 is 0.746 bits per heavy atom. The molecule has 8 aromatic rings. The summed E-state index contributed by atoms with van der Waals surface area (Å²) in [6.45, 7) is 13.6. The van der Waals surface area contributed by atoms with Crippen molar-refractivity contribution in [3.63, 3.8) is 0 Å². The van der Waals surface area contributed by atoms with Gasteiger partial charge < -0.3 is 24.1 Å². The molecule has 6 aromatic heterocycles. The zero-order valence-electron chi connectivity index (χ0n) is 38.1. The SMILES string of the molecule is C.Cc1cc(-c2cnc(NCc3c(F)ccc4c3CCO4)n3cnnc23)n(C)n1.Cc1cc(B2OC(C)(C)C(C)(C)O2)n(C)n1.[B]c1cnc(CCc2c(F)ccc3c2CCO3)n2cnnc12. The van der Waals surface area contributed by atoms with E-state index in [9.17, 15) is 8.78 Å². The van der Waals surface area contributed by atoms with Gasteiger partial charge in [0.1, 0.15) is 49.5 Å². The van der Waals surface area contributed by atoms with Gasteiger partial charge in [0.05, 0.1) is 52.7 Å². The number of anilines is 1. The highest BCUT2D eigenvalue weighted by molar-refractivity contribution is 6.61. The second-order valence-corrected chi connectivity index (χ2v) is 17.4. The molecular weight excluding hydrogens is 858 g/mol. The molecule has 67 heavy (non-hydrogen) atoms. The molecule has 3 aliphatic heterocycles. The van der Waals surface area contributed by atoms with Gasteiger partial charge in [-0.05, 0) is 95.4 Å². The summed E-state index contributed by atoms with van der Waals surface area (Å²) in [5.41, 5.74) is 8.88. The maximum absolute atomic E-state index is 14.4. The number of fused-ring (bicyclic) bond motifs is 4. The molecule has 9 heterocycles. The van der Waals surface area contributed by atoms with Crippen LogP contribution in [0.2, 0.25) is 0 Å². The van der Waals surface area contributed by atoms with E-state index in [2.05, 4.69) is 73.6 Å². The molecule has 1 N–H and O–H groups in total. The molecular formula is C46H53B2F2N13O4. The lowest BCUT2D eigenvalue weighted by atomic mass is 9.84. The Morgan fingerprint density at radius 2 is 1.34 bits per heavy atom. The molecule has 0 amide bonds. The first-order chi connectivity index (χ1) is 31.6. The van der Waals surface area contributed by atoms with Gasteiger partial charge in [0.2, 0.25) is 5.95 Å². The molecule has 11 rings (SSSR count). The predicted molar refractivity (Wildman–Crippen MR) is 250 cm³/mol. The highest BCUT2D eigenvalue weighted by Crippen LogP contribution is 2.37. The van der Waals surface area contributed by atoms with E-state index >= 15 is 0 Å². The van der Waals surface area contributed by atoms with Gasteiger partial charge in [0.15, 0.2) is 11.3 Å². The maximum atomic E-state index is 14.4. The number of benzene rings is 2. The molecule has 0 bridgehead atoms. The normalized spacial score (nSPS) is 15.2. The second-order valence-electron chi connectivity index (χ2n) is 17.4. The number of halogens is 2. The summed E-state index contributed by atoms with van der Waals surface area (Å²) < 4.78 is 58.6. The van der Waals surface area contributed by atoms with Crippen LogP contribution in [-0.4, -0.2) is 98.1 Å². The molecule has 21 heteroatoms. The van der Waals surface area contributed by atoms with Crippen molar-refractivity contribution in [2.24, 2.45) is 14.1 Å². The minimum Gasteiger partial charge on any atom is -0.493 e. The van der Waals surface area contributed by atoms with Crippen LogP contribution in [0.4, 0.5) is 14.7 Å². The van der Waals surface area contributed by atoms with Gasteiger partial charge in [-0.15, -0.1) is 20.4 Å². The van der Waals surface area contributed by atoms with Crippen LogP contribution in [0, 0.1) is 25.5 Å². The Bertz CT molecular complexity index is 3080. The van der Waals surface area contributed by atoms with Crippen molar-refractivity contribution in [1.29, 1.82) is 0 Å². The van der Waals surface area contributed by atoms with Gasteiger partial charge in [-0.1, -0.05) is 7.43 Å². The van der Waals surface area contributed by atoms with E-state index in [-0.39, 0.29) is 37.4 Å². The van der Waals surface area contributed by atoms with Crippen molar-refractivity contribution >= 4 is 43.3 Å². The molecule has 1 fully saturated rings. The van der Waals surface area contributed by atoms with Gasteiger partial charge >= 0.3 is 7.12 Å². The van der Waals surface area contributed by atoms with Crippen molar-refractivity contribution in [1.82, 2.24) is 58.7 Å². The Morgan fingerprint density at radius 3 is 1.97 bits per heavy atom. The molecule has 0 spiro atoms. The molecule has 2 radical (unpaired) electrons. The van der Waals surface area contributed by atoms with E-state index in [4.69, 9.17) is 26.6 Å². The Labute approximate surface area is 388 Å². The van der Waals surface area contributed by atoms with E-state index in [0.29, 0.717) is 72.9 Å². The maximum Gasteiger partial charge on any atom is 0.514 e. The summed E-state index contributed by atoms with van der Waals surface area (Å²) in [7, 11) is 9.28. The highest BCUT2D eigenvalue weighted by Gasteiger charge is 2.52. The fraction of sp³-hybridized carbons (Fsp3) is 0.391. The van der Waals surface area contributed by atoms with Gasteiger partial charge in [-0.2, -0.15) is 10.2 Å². The summed E-state index contributed by atoms with van der Waals surface area (Å²) in [4.78, 5) is 8.84. The number of rotatable bonds is 8. The summed E-state index contributed by atoms with van der Waals surface area (Å²) in [5, 5.41) is 28.0. The molecule has 0 aliphatic carbocycles. The predicted octanol–water partition coefficient (Wildman–Crippen LogP) is 4.96. The fourth-order valence-corrected chi connectivity index (χ4v) is 8.37. The largest absolute Gasteiger partial charge is 0.514 e. The van der Waals surface area contributed by atoms with Gasteiger partial charge in [0, 0.05) is 69.0 Å². The number of ether oxygens (including phenoxy) is 2. The summed E-state index contributed by atoms with van der Waals surface area (Å²) in [5.74, 6) is 2.39. The molecule has 17 nitrogen and oxygen atoms in total. The average Bonchev–Trinajstić information content (AvgIpc) is 4.14. The Balaban J connectivity index is 0.000000141. The third-order valence-electron chi connectivity index (χ3n) is 12.5. The van der Waals surface area contributed by atoms with E-state index in [1.54, 1.807) is 50.7 Å². The van der Waals surface area contributed by atoms with Crippen LogP contribution in [0.1, 0.15) is 74.6 Å². The van der Waals surface area contributed by atoms with Crippen LogP contribution >= 0.6 is 0 Å². The number of hydrogen-bond donors (Lipinski definition) is 1. The Hall–Kier alpha value is -6.73. The topological polar surface area (TPSA) is 171 Å². The zero-order chi connectivity index (χ0) is 46.5. The van der Waals surface area contributed by atoms with Crippen LogP contribution in [-0.2, 0) is 55.6 Å². The number of nitrogens with one attached hydrogen (secondary N) is 1. The lowest BCUT2D eigenvalue weighted by Gasteiger charge is -2.32.